The van der Waals surface area contributed by atoms with E-state index in [1.165, 1.54) is 11.3 Å². The third-order valence-corrected chi connectivity index (χ3v) is 6.51. The average molecular weight is 589 g/mol. The molecule has 1 saturated heterocycles. The number of nitrogens with zero attached hydrogens (tertiary/aromatic N) is 2. The number of pyridine rings is 1. The monoisotopic (exact) mass is 588 g/mol. The number of anilines is 2. The smallest absolute Gasteiger partial charge is 0.413 e. The van der Waals surface area contributed by atoms with Crippen molar-refractivity contribution in [1.82, 2.24) is 20.6 Å². The molecule has 1 fully saturated rings. The number of carbonyl (C=O) groups is 3. The average Bonchev–Trinajstić information content (AvgIpc) is 3.33. The van der Waals surface area contributed by atoms with Gasteiger partial charge in [-0.15, -0.1) is 11.3 Å². The van der Waals surface area contributed by atoms with Crippen molar-refractivity contribution >= 4 is 46.4 Å². The zero-order valence-electron chi connectivity index (χ0n) is 24.2. The molecule has 0 aromatic carbocycles. The molecule has 2 atom stereocenters. The Bertz CT molecular complexity index is 1210. The predicted molar refractivity (Wildman–Crippen MR) is 158 cm³/mol. The Morgan fingerprint density at radius 3 is 2.46 bits per heavy atom. The van der Waals surface area contributed by atoms with Gasteiger partial charge in [0, 0.05) is 18.0 Å². The first-order chi connectivity index (χ1) is 19.6. The normalized spacial score (nSPS) is 16.5. The van der Waals surface area contributed by atoms with Gasteiger partial charge in [-0.3, -0.25) is 15.4 Å². The minimum Gasteiger partial charge on any atom is -0.489 e. The maximum Gasteiger partial charge on any atom is 0.413 e. The summed E-state index contributed by atoms with van der Waals surface area (Å²) in [5, 5.41) is 13.0. The van der Waals surface area contributed by atoms with E-state index in [-0.39, 0.29) is 18.5 Å². The molecule has 2 aromatic heterocycles. The van der Waals surface area contributed by atoms with E-state index in [1.807, 2.05) is 0 Å². The highest BCUT2D eigenvalue weighted by Gasteiger charge is 2.37. The van der Waals surface area contributed by atoms with Gasteiger partial charge in [-0.25, -0.2) is 19.6 Å². The topological polar surface area (TPSA) is 153 Å². The second kappa shape index (κ2) is 15.2. The molecule has 13 heteroatoms. The summed E-state index contributed by atoms with van der Waals surface area (Å²) in [5.41, 5.74) is -0.0210. The largest absolute Gasteiger partial charge is 0.489 e. The molecule has 2 aromatic rings. The molecule has 0 saturated carbocycles. The van der Waals surface area contributed by atoms with Gasteiger partial charge in [0.25, 0.3) is 0 Å². The number of rotatable bonds is 14. The molecule has 0 unspecified atom stereocenters. The van der Waals surface area contributed by atoms with Crippen LogP contribution < -0.4 is 30.7 Å². The van der Waals surface area contributed by atoms with E-state index in [0.717, 1.165) is 25.7 Å². The molecule has 12 nitrogen and oxygen atoms in total. The van der Waals surface area contributed by atoms with Gasteiger partial charge in [-0.05, 0) is 39.7 Å². The number of thiazole rings is 1. The lowest BCUT2D eigenvalue weighted by Crippen LogP contribution is -2.61. The highest BCUT2D eigenvalue weighted by molar-refractivity contribution is 7.14. The standard InChI is InChI=1S/C28H40N6O6S/c1-6-8-12-38-21-14-23(29-16-22(21)39-13-9-7-2)33-25(36)30-15-20-19(24(35)32-20)11-10-18-17-41-26(31-18)34-27(37)40-28(3,4)5/h10-11,14,16-17,19-20H,6-9,12-13,15H2,1-5H3,(H,32,35)(H,31,34,37)(H2,29,30,33,36)/b11-10+/t19-,20+/m0/s1. The van der Waals surface area contributed by atoms with E-state index in [1.54, 1.807) is 50.6 Å². The molecule has 4 N–H and O–H groups in total. The number of unbranched alkanes of at least 4 members (excludes halogenated alkanes) is 2. The summed E-state index contributed by atoms with van der Waals surface area (Å²) in [6.45, 7) is 10.8. The molecule has 4 amide bonds. The Balaban J connectivity index is 1.50. The van der Waals surface area contributed by atoms with E-state index in [9.17, 15) is 14.4 Å². The molecule has 41 heavy (non-hydrogen) atoms. The van der Waals surface area contributed by atoms with Crippen LogP contribution in [0.1, 0.15) is 66.0 Å². The van der Waals surface area contributed by atoms with Gasteiger partial charge in [0.2, 0.25) is 5.91 Å². The number of amides is 4. The fraction of sp³-hybridized carbons (Fsp3) is 0.536. The third-order valence-electron chi connectivity index (χ3n) is 5.73. The van der Waals surface area contributed by atoms with E-state index >= 15 is 0 Å². The quantitative estimate of drug-likeness (QED) is 0.174. The summed E-state index contributed by atoms with van der Waals surface area (Å²) in [4.78, 5) is 45.2. The number of hydrogen-bond acceptors (Lipinski definition) is 9. The van der Waals surface area contributed by atoms with Crippen molar-refractivity contribution in [3.63, 3.8) is 0 Å². The van der Waals surface area contributed by atoms with Crippen LogP contribution in [-0.2, 0) is 9.53 Å². The second-order valence-corrected chi connectivity index (χ2v) is 11.3. The van der Waals surface area contributed by atoms with Crippen LogP contribution in [0.25, 0.3) is 6.08 Å². The van der Waals surface area contributed by atoms with E-state index in [0.29, 0.717) is 41.4 Å². The number of aromatic nitrogens is 2. The highest BCUT2D eigenvalue weighted by atomic mass is 32.1. The Morgan fingerprint density at radius 2 is 1.80 bits per heavy atom. The first-order valence-corrected chi connectivity index (χ1v) is 14.7. The number of urea groups is 1. The Labute approximate surface area is 244 Å². The first-order valence-electron chi connectivity index (χ1n) is 13.8. The van der Waals surface area contributed by atoms with Crippen LogP contribution in [0.15, 0.2) is 23.7 Å². The minimum absolute atomic E-state index is 0.148. The Kier molecular flexibility index (Phi) is 11.7. The molecule has 0 spiro atoms. The molecule has 0 aliphatic carbocycles. The van der Waals surface area contributed by atoms with Gasteiger partial charge in [-0.1, -0.05) is 32.8 Å². The summed E-state index contributed by atoms with van der Waals surface area (Å²) in [5.74, 6) is 0.814. The fourth-order valence-electron chi connectivity index (χ4n) is 3.60. The van der Waals surface area contributed by atoms with Crippen LogP contribution in [0, 0.1) is 5.92 Å². The van der Waals surface area contributed by atoms with Crippen molar-refractivity contribution in [2.75, 3.05) is 30.4 Å². The molecule has 224 valence electrons. The van der Waals surface area contributed by atoms with Crippen molar-refractivity contribution in [3.8, 4) is 11.5 Å². The lowest BCUT2D eigenvalue weighted by atomic mass is 9.90. The van der Waals surface area contributed by atoms with E-state index in [2.05, 4.69) is 45.1 Å². The summed E-state index contributed by atoms with van der Waals surface area (Å²) in [6, 6.07) is 0.906. The molecule has 0 bridgehead atoms. The van der Waals surface area contributed by atoms with Gasteiger partial charge in [-0.2, -0.15) is 0 Å². The Morgan fingerprint density at radius 1 is 1.10 bits per heavy atom. The summed E-state index contributed by atoms with van der Waals surface area (Å²) >= 11 is 1.25. The molecule has 0 radical (unpaired) electrons. The van der Waals surface area contributed by atoms with E-state index in [4.69, 9.17) is 14.2 Å². The van der Waals surface area contributed by atoms with Gasteiger partial charge >= 0.3 is 12.1 Å². The maximum atomic E-state index is 12.6. The fourth-order valence-corrected chi connectivity index (χ4v) is 4.26. The summed E-state index contributed by atoms with van der Waals surface area (Å²) in [6.07, 6.45) is 8.22. The van der Waals surface area contributed by atoms with Crippen molar-refractivity contribution in [2.24, 2.45) is 5.92 Å². The van der Waals surface area contributed by atoms with Crippen LogP contribution in [0.2, 0.25) is 0 Å². The van der Waals surface area contributed by atoms with Gasteiger partial charge in [0.15, 0.2) is 16.6 Å². The van der Waals surface area contributed by atoms with Crippen molar-refractivity contribution < 1.29 is 28.6 Å². The van der Waals surface area contributed by atoms with Crippen molar-refractivity contribution in [3.05, 3.63) is 29.4 Å². The zero-order chi connectivity index (χ0) is 29.8. The zero-order valence-corrected chi connectivity index (χ0v) is 25.1. The highest BCUT2D eigenvalue weighted by Crippen LogP contribution is 2.29. The van der Waals surface area contributed by atoms with Gasteiger partial charge in [0.1, 0.15) is 11.4 Å². The lowest BCUT2D eigenvalue weighted by Gasteiger charge is -2.34. The van der Waals surface area contributed by atoms with Crippen LogP contribution in [-0.4, -0.2) is 59.4 Å². The second-order valence-electron chi connectivity index (χ2n) is 10.5. The third kappa shape index (κ3) is 10.6. The number of nitrogens with one attached hydrogen (secondary N) is 4. The molecule has 1 aliphatic heterocycles. The van der Waals surface area contributed by atoms with Crippen LogP contribution in [0.3, 0.4) is 0 Å². The Hall–Kier alpha value is -3.87. The maximum absolute atomic E-state index is 12.6. The van der Waals surface area contributed by atoms with Crippen LogP contribution in [0.4, 0.5) is 20.5 Å². The molecular formula is C28H40N6O6S. The molecular weight excluding hydrogens is 548 g/mol. The molecule has 1 aliphatic rings. The van der Waals surface area contributed by atoms with Crippen LogP contribution in [0.5, 0.6) is 11.5 Å². The summed E-state index contributed by atoms with van der Waals surface area (Å²) < 4.78 is 16.9. The number of carbonyl (C=O) groups excluding carboxylic acids is 3. The lowest BCUT2D eigenvalue weighted by molar-refractivity contribution is -0.132. The molecule has 3 rings (SSSR count). The summed E-state index contributed by atoms with van der Waals surface area (Å²) in [7, 11) is 0. The van der Waals surface area contributed by atoms with Gasteiger partial charge < -0.3 is 24.8 Å². The number of ether oxygens (including phenoxy) is 3. The van der Waals surface area contributed by atoms with Gasteiger partial charge in [0.05, 0.1) is 37.1 Å². The first kappa shape index (κ1) is 31.7. The SMILES string of the molecule is CCCCOc1cnc(NC(=O)NC[C@H]2NC(=O)[C@H]2/C=C/c2csc(NC(=O)OC(C)(C)C)n2)cc1OCCCC. The number of hydrogen-bond donors (Lipinski definition) is 4. The predicted octanol–water partition coefficient (Wildman–Crippen LogP) is 5.19. The minimum atomic E-state index is -0.614. The molecule has 3 heterocycles. The number of β-lactam (4-membered cyclic amide) rings is 1. The van der Waals surface area contributed by atoms with Crippen molar-refractivity contribution in [1.29, 1.82) is 0 Å². The van der Waals surface area contributed by atoms with Crippen LogP contribution >= 0.6 is 11.3 Å². The van der Waals surface area contributed by atoms with Crippen molar-refractivity contribution in [2.45, 2.75) is 71.9 Å². The van der Waals surface area contributed by atoms with E-state index < -0.39 is 23.6 Å².